The molecule has 0 saturated carbocycles. The number of thioether (sulfide) groups is 1. The van der Waals surface area contributed by atoms with Crippen molar-refractivity contribution in [2.24, 2.45) is 4.99 Å². The van der Waals surface area contributed by atoms with Crippen LogP contribution in [0.25, 0.3) is 5.65 Å². The number of aliphatic imine (C=N–C) groups is 1. The Morgan fingerprint density at radius 2 is 1.96 bits per heavy atom. The van der Waals surface area contributed by atoms with Gasteiger partial charge in [-0.05, 0) is 38.1 Å². The number of hydrogen-bond acceptors (Lipinski definition) is 4. The summed E-state index contributed by atoms with van der Waals surface area (Å²) in [7, 11) is 0. The van der Waals surface area contributed by atoms with Crippen molar-refractivity contribution in [3.8, 4) is 0 Å². The summed E-state index contributed by atoms with van der Waals surface area (Å²) in [5, 5.41) is 15.0. The highest BCUT2D eigenvalue weighted by Gasteiger charge is 2.04. The van der Waals surface area contributed by atoms with Crippen LogP contribution in [0.4, 0.5) is 0 Å². The van der Waals surface area contributed by atoms with Crippen molar-refractivity contribution in [1.29, 1.82) is 0 Å². The van der Waals surface area contributed by atoms with Crippen molar-refractivity contribution in [3.05, 3.63) is 60.0 Å². The van der Waals surface area contributed by atoms with Gasteiger partial charge in [0.1, 0.15) is 6.54 Å². The fraction of sp³-hybridized carbons (Fsp3) is 0.316. The highest BCUT2D eigenvalue weighted by atomic mass is 32.2. The lowest BCUT2D eigenvalue weighted by atomic mass is 10.2. The first-order valence-corrected chi connectivity index (χ1v) is 9.75. The molecule has 0 saturated heterocycles. The third kappa shape index (κ3) is 4.98. The zero-order chi connectivity index (χ0) is 18.2. The van der Waals surface area contributed by atoms with E-state index >= 15 is 0 Å². The molecule has 26 heavy (non-hydrogen) atoms. The Morgan fingerprint density at radius 3 is 2.77 bits per heavy atom. The van der Waals surface area contributed by atoms with Gasteiger partial charge in [0, 0.05) is 29.9 Å². The average Bonchev–Trinajstić information content (AvgIpc) is 3.08. The molecule has 0 aliphatic heterocycles. The maximum absolute atomic E-state index is 4.62. The summed E-state index contributed by atoms with van der Waals surface area (Å²) in [6.45, 7) is 6.30. The van der Waals surface area contributed by atoms with E-state index in [4.69, 9.17) is 0 Å². The Balaban J connectivity index is 1.53. The molecule has 3 aromatic rings. The Morgan fingerprint density at radius 1 is 1.12 bits per heavy atom. The van der Waals surface area contributed by atoms with Crippen LogP contribution in [0.15, 0.2) is 58.5 Å². The van der Waals surface area contributed by atoms with E-state index in [2.05, 4.69) is 63.9 Å². The van der Waals surface area contributed by atoms with Gasteiger partial charge in [0.2, 0.25) is 0 Å². The van der Waals surface area contributed by atoms with Gasteiger partial charge in [-0.15, -0.1) is 22.0 Å². The van der Waals surface area contributed by atoms with E-state index in [0.29, 0.717) is 6.54 Å². The standard InChI is InChI=1S/C19H24N6S/c1-3-20-19(21-11-13-26-16-9-7-15(2)8-10-16)22-14-18-24-23-17-6-4-5-12-25(17)18/h4-10,12H,3,11,13-14H2,1-2H3,(H2,20,21,22). The summed E-state index contributed by atoms with van der Waals surface area (Å²) in [5.41, 5.74) is 2.13. The number of fused-ring (bicyclic) bond motifs is 1. The third-order valence-corrected chi connectivity index (χ3v) is 4.81. The van der Waals surface area contributed by atoms with Crippen LogP contribution in [0.3, 0.4) is 0 Å². The number of hydrogen-bond donors (Lipinski definition) is 2. The molecule has 3 rings (SSSR count). The molecule has 7 heteroatoms. The summed E-state index contributed by atoms with van der Waals surface area (Å²) in [6.07, 6.45) is 1.96. The van der Waals surface area contributed by atoms with Gasteiger partial charge >= 0.3 is 0 Å². The van der Waals surface area contributed by atoms with Gasteiger partial charge < -0.3 is 10.6 Å². The molecule has 0 atom stereocenters. The number of benzene rings is 1. The van der Waals surface area contributed by atoms with Gasteiger partial charge in [0.05, 0.1) is 0 Å². The van der Waals surface area contributed by atoms with E-state index in [9.17, 15) is 0 Å². The van der Waals surface area contributed by atoms with Crippen LogP contribution in [-0.2, 0) is 6.54 Å². The molecule has 2 heterocycles. The van der Waals surface area contributed by atoms with Crippen LogP contribution in [0.2, 0.25) is 0 Å². The predicted octanol–water partition coefficient (Wildman–Crippen LogP) is 2.89. The molecule has 0 unspecified atom stereocenters. The lowest BCUT2D eigenvalue weighted by molar-refractivity contribution is 0.818. The molecule has 0 aliphatic carbocycles. The lowest BCUT2D eigenvalue weighted by Gasteiger charge is -2.11. The second-order valence-corrected chi connectivity index (χ2v) is 7.00. The molecule has 2 N–H and O–H groups in total. The maximum Gasteiger partial charge on any atom is 0.191 e. The third-order valence-electron chi connectivity index (χ3n) is 3.79. The van der Waals surface area contributed by atoms with E-state index < -0.39 is 0 Å². The smallest absolute Gasteiger partial charge is 0.191 e. The second kappa shape index (κ2) is 9.24. The molecule has 136 valence electrons. The molecule has 1 aromatic carbocycles. The van der Waals surface area contributed by atoms with Crippen molar-refractivity contribution in [1.82, 2.24) is 25.2 Å². The Hall–Kier alpha value is -2.54. The van der Waals surface area contributed by atoms with Crippen LogP contribution < -0.4 is 10.6 Å². The van der Waals surface area contributed by atoms with Crippen molar-refractivity contribution in [3.63, 3.8) is 0 Å². The zero-order valence-electron chi connectivity index (χ0n) is 15.1. The van der Waals surface area contributed by atoms with Gasteiger partial charge in [0.15, 0.2) is 17.4 Å². The monoisotopic (exact) mass is 368 g/mol. The number of guanidine groups is 1. The summed E-state index contributed by atoms with van der Waals surface area (Å²) >= 11 is 1.84. The maximum atomic E-state index is 4.62. The first-order valence-electron chi connectivity index (χ1n) is 8.76. The Kier molecular flexibility index (Phi) is 6.49. The lowest BCUT2D eigenvalue weighted by Crippen LogP contribution is -2.38. The molecule has 0 fully saturated rings. The number of pyridine rings is 1. The summed E-state index contributed by atoms with van der Waals surface area (Å²) in [5.74, 6) is 2.60. The summed E-state index contributed by atoms with van der Waals surface area (Å²) in [6, 6.07) is 14.5. The number of aromatic nitrogens is 3. The minimum atomic E-state index is 0.478. The van der Waals surface area contributed by atoms with Crippen LogP contribution >= 0.6 is 11.8 Å². The molecule has 0 aliphatic rings. The van der Waals surface area contributed by atoms with Gasteiger partial charge in [-0.1, -0.05) is 23.8 Å². The quantitative estimate of drug-likeness (QED) is 0.290. The van der Waals surface area contributed by atoms with Crippen LogP contribution in [0.5, 0.6) is 0 Å². The number of nitrogens with one attached hydrogen (secondary N) is 2. The first-order chi connectivity index (χ1) is 12.8. The van der Waals surface area contributed by atoms with Crippen LogP contribution in [-0.4, -0.2) is 39.4 Å². The number of aryl methyl sites for hydroxylation is 1. The first kappa shape index (κ1) is 18.3. The topological polar surface area (TPSA) is 66.6 Å². The molecule has 0 amide bonds. The van der Waals surface area contributed by atoms with E-state index in [-0.39, 0.29) is 0 Å². The molecular weight excluding hydrogens is 344 g/mol. The molecular formula is C19H24N6S. The fourth-order valence-electron chi connectivity index (χ4n) is 2.46. The SMILES string of the molecule is CCNC(=NCc1nnc2ccccn12)NCCSc1ccc(C)cc1. The van der Waals surface area contributed by atoms with Crippen LogP contribution in [0, 0.1) is 6.92 Å². The van der Waals surface area contributed by atoms with Crippen molar-refractivity contribution in [2.45, 2.75) is 25.3 Å². The van der Waals surface area contributed by atoms with E-state index in [1.165, 1.54) is 10.5 Å². The van der Waals surface area contributed by atoms with Crippen LogP contribution in [0.1, 0.15) is 18.3 Å². The largest absolute Gasteiger partial charge is 0.357 e. The highest BCUT2D eigenvalue weighted by Crippen LogP contribution is 2.17. The average molecular weight is 369 g/mol. The minimum Gasteiger partial charge on any atom is -0.357 e. The summed E-state index contributed by atoms with van der Waals surface area (Å²) in [4.78, 5) is 5.91. The van der Waals surface area contributed by atoms with Crippen molar-refractivity contribution < 1.29 is 0 Å². The second-order valence-electron chi connectivity index (χ2n) is 5.83. The molecule has 2 aromatic heterocycles. The van der Waals surface area contributed by atoms with Crippen molar-refractivity contribution in [2.75, 3.05) is 18.8 Å². The van der Waals surface area contributed by atoms with Gasteiger partial charge in [0.25, 0.3) is 0 Å². The zero-order valence-corrected chi connectivity index (χ0v) is 16.0. The molecule has 0 bridgehead atoms. The minimum absolute atomic E-state index is 0.478. The number of nitrogens with zero attached hydrogens (tertiary/aromatic N) is 4. The highest BCUT2D eigenvalue weighted by molar-refractivity contribution is 7.99. The molecule has 6 nitrogen and oxygen atoms in total. The normalized spacial score (nSPS) is 11.7. The van der Waals surface area contributed by atoms with Gasteiger partial charge in [-0.3, -0.25) is 4.40 Å². The summed E-state index contributed by atoms with van der Waals surface area (Å²) < 4.78 is 1.96. The fourth-order valence-corrected chi connectivity index (χ4v) is 3.23. The Bertz CT molecular complexity index is 856. The van der Waals surface area contributed by atoms with E-state index in [0.717, 1.165) is 36.3 Å². The van der Waals surface area contributed by atoms with Crippen molar-refractivity contribution >= 4 is 23.4 Å². The van der Waals surface area contributed by atoms with E-state index in [1.54, 1.807) is 0 Å². The predicted molar refractivity (Wildman–Crippen MR) is 108 cm³/mol. The van der Waals surface area contributed by atoms with E-state index in [1.807, 2.05) is 40.6 Å². The molecule has 0 radical (unpaired) electrons. The Labute approximate surface area is 158 Å². The number of rotatable bonds is 7. The van der Waals surface area contributed by atoms with Gasteiger partial charge in [-0.25, -0.2) is 4.99 Å². The van der Waals surface area contributed by atoms with Gasteiger partial charge in [-0.2, -0.15) is 0 Å². The molecule has 0 spiro atoms.